The van der Waals surface area contributed by atoms with Crippen molar-refractivity contribution < 1.29 is 0 Å². The predicted octanol–water partition coefficient (Wildman–Crippen LogP) is 12.0. The molecule has 0 spiro atoms. The van der Waals surface area contributed by atoms with Crippen molar-refractivity contribution in [2.75, 3.05) is 7.05 Å². The Morgan fingerprint density at radius 3 is 1.42 bits per heavy atom. The summed E-state index contributed by atoms with van der Waals surface area (Å²) >= 11 is 0. The largest absolute Gasteiger partial charge is 0.309 e. The molecule has 11 rings (SSSR count). The zero-order valence-corrected chi connectivity index (χ0v) is 31.7. The molecular formula is C52H41N5. The van der Waals surface area contributed by atoms with Crippen LogP contribution in [0.2, 0.25) is 0 Å². The van der Waals surface area contributed by atoms with E-state index in [1.54, 1.807) is 0 Å². The number of aromatic nitrogens is 2. The first kappa shape index (κ1) is 33.6. The van der Waals surface area contributed by atoms with Gasteiger partial charge in [-0.2, -0.15) is 0 Å². The molecule has 5 heteroatoms. The molecule has 274 valence electrons. The van der Waals surface area contributed by atoms with Crippen LogP contribution >= 0.6 is 0 Å². The summed E-state index contributed by atoms with van der Waals surface area (Å²) in [6.07, 6.45) is -0.334. The first-order valence-electron chi connectivity index (χ1n) is 19.8. The fourth-order valence-electron chi connectivity index (χ4n) is 9.11. The number of nitrogens with zero attached hydrogens (tertiary/aromatic N) is 2. The number of benzene rings is 8. The van der Waals surface area contributed by atoms with Gasteiger partial charge in [-0.3, -0.25) is 10.6 Å². The molecule has 0 aliphatic carbocycles. The first-order chi connectivity index (χ1) is 28.2. The molecule has 0 amide bonds. The number of rotatable bonds is 8. The summed E-state index contributed by atoms with van der Waals surface area (Å²) < 4.78 is 4.95. The van der Waals surface area contributed by atoms with Crippen LogP contribution in [-0.4, -0.2) is 15.8 Å². The number of hydrogen-bond donors (Lipinski definition) is 3. The Kier molecular flexibility index (Phi) is 8.11. The van der Waals surface area contributed by atoms with E-state index in [0.717, 1.165) is 16.6 Å². The van der Waals surface area contributed by atoms with Gasteiger partial charge in [0, 0.05) is 39.1 Å². The average molecular weight is 736 g/mol. The van der Waals surface area contributed by atoms with Gasteiger partial charge in [-0.25, -0.2) is 0 Å². The standard InChI is InChI=1S/C52H41N5/c1-53-51(35-16-6-3-7-17-35)55-52(54-33-34-14-4-2-5-15-34)38-28-39-32-40(29-38)57-48-23-13-11-21-44(48)46-27-25-37(31-50(46)57)42-19-9-8-18-41(42)36-24-26-45-43-20-10-12-22-47(43)56(39)49(45)30-36/h2-32,51-55H,33H2,1H3. The van der Waals surface area contributed by atoms with Gasteiger partial charge in [0.15, 0.2) is 0 Å². The molecular weight excluding hydrogens is 695 g/mol. The van der Waals surface area contributed by atoms with E-state index in [0.29, 0.717) is 6.54 Å². The molecule has 5 nitrogen and oxygen atoms in total. The third-order valence-corrected chi connectivity index (χ3v) is 11.8. The first-order valence-corrected chi connectivity index (χ1v) is 19.8. The van der Waals surface area contributed by atoms with Crippen LogP contribution in [0.5, 0.6) is 0 Å². The van der Waals surface area contributed by atoms with E-state index in [1.807, 2.05) is 7.05 Å². The maximum absolute atomic E-state index is 4.00. The molecule has 57 heavy (non-hydrogen) atoms. The lowest BCUT2D eigenvalue weighted by Gasteiger charge is -2.28. The van der Waals surface area contributed by atoms with E-state index in [-0.39, 0.29) is 12.3 Å². The summed E-state index contributed by atoms with van der Waals surface area (Å²) in [5.74, 6) is 0. The van der Waals surface area contributed by atoms with Crippen molar-refractivity contribution in [2.24, 2.45) is 0 Å². The number of nitrogens with one attached hydrogen (secondary N) is 3. The second-order valence-corrected chi connectivity index (χ2v) is 15.1. The van der Waals surface area contributed by atoms with Gasteiger partial charge in [0.1, 0.15) is 0 Å². The molecule has 2 atom stereocenters. The van der Waals surface area contributed by atoms with Crippen molar-refractivity contribution in [3.8, 4) is 0 Å². The molecule has 0 radical (unpaired) electrons. The topological polar surface area (TPSA) is 44.9 Å². The van der Waals surface area contributed by atoms with Gasteiger partial charge in [-0.1, -0.05) is 146 Å². The lowest BCUT2D eigenvalue weighted by Crippen LogP contribution is -2.41. The Labute approximate surface area is 330 Å². The monoisotopic (exact) mass is 735 g/mol. The highest BCUT2D eigenvalue weighted by molar-refractivity contribution is 6.16. The van der Waals surface area contributed by atoms with Crippen LogP contribution in [0.1, 0.15) is 29.0 Å². The molecule has 0 fully saturated rings. The fourth-order valence-corrected chi connectivity index (χ4v) is 9.11. The molecule has 0 saturated heterocycles. The molecule has 0 saturated carbocycles. The number of hydrogen-bond acceptors (Lipinski definition) is 3. The van der Waals surface area contributed by atoms with E-state index in [1.165, 1.54) is 76.3 Å². The lowest BCUT2D eigenvalue weighted by molar-refractivity contribution is 0.354. The molecule has 3 heterocycles. The molecule has 6 bridgehead atoms. The molecule has 11 aromatic rings. The van der Waals surface area contributed by atoms with E-state index < -0.39 is 0 Å². The second-order valence-electron chi connectivity index (χ2n) is 15.1. The highest BCUT2D eigenvalue weighted by Gasteiger charge is 2.20. The van der Waals surface area contributed by atoms with Crippen LogP contribution in [0.25, 0.3) is 76.2 Å². The van der Waals surface area contributed by atoms with Crippen molar-refractivity contribution in [3.05, 3.63) is 205 Å². The SMILES string of the molecule is CNC(NC(NCc1ccccc1)c1cc2cc(c1)n1c3ccccc3c3ccc(cc31)c1ccccc1c1ccc3c4ccccc4n2c3c1)c1ccccc1. The van der Waals surface area contributed by atoms with Gasteiger partial charge in [-0.15, -0.1) is 0 Å². The summed E-state index contributed by atoms with van der Waals surface area (Å²) in [6.45, 7) is 0.693. The van der Waals surface area contributed by atoms with Gasteiger partial charge in [0.25, 0.3) is 0 Å². The minimum Gasteiger partial charge on any atom is -0.309 e. The second kappa shape index (κ2) is 13.8. The number of fused-ring (bicyclic) bond motifs is 15. The Bertz CT molecular complexity index is 3150. The maximum atomic E-state index is 4.00. The third kappa shape index (κ3) is 5.67. The normalized spacial score (nSPS) is 13.1. The van der Waals surface area contributed by atoms with Crippen LogP contribution in [-0.2, 0) is 6.54 Å². The summed E-state index contributed by atoms with van der Waals surface area (Å²) in [4.78, 5) is 0. The molecule has 8 aromatic carbocycles. The van der Waals surface area contributed by atoms with Crippen molar-refractivity contribution >= 4 is 76.2 Å². The number of para-hydroxylation sites is 2. The Morgan fingerprint density at radius 1 is 0.404 bits per heavy atom. The molecule has 3 N–H and O–H groups in total. The van der Waals surface area contributed by atoms with Gasteiger partial charge in [0.05, 0.1) is 34.4 Å². The van der Waals surface area contributed by atoms with Gasteiger partial charge >= 0.3 is 0 Å². The van der Waals surface area contributed by atoms with Crippen LogP contribution in [0, 0.1) is 0 Å². The molecule has 0 aliphatic heterocycles. The minimum atomic E-state index is -0.228. The predicted molar refractivity (Wildman–Crippen MR) is 240 cm³/mol. The molecule has 0 aliphatic rings. The smallest absolute Gasteiger partial charge is 0.0854 e. The maximum Gasteiger partial charge on any atom is 0.0854 e. The van der Waals surface area contributed by atoms with Crippen molar-refractivity contribution in [1.82, 2.24) is 24.8 Å². The zero-order valence-electron chi connectivity index (χ0n) is 31.7. The van der Waals surface area contributed by atoms with Crippen molar-refractivity contribution in [1.29, 1.82) is 0 Å². The molecule has 3 aromatic heterocycles. The summed E-state index contributed by atoms with van der Waals surface area (Å²) in [5.41, 5.74) is 10.5. The Morgan fingerprint density at radius 2 is 0.877 bits per heavy atom. The van der Waals surface area contributed by atoms with Crippen LogP contribution in [0.4, 0.5) is 0 Å². The summed E-state index contributed by atoms with van der Waals surface area (Å²) in [7, 11) is 2.02. The van der Waals surface area contributed by atoms with Gasteiger partial charge in [0.2, 0.25) is 0 Å². The highest BCUT2D eigenvalue weighted by atomic mass is 15.2. The average Bonchev–Trinajstić information content (AvgIpc) is 3.79. The van der Waals surface area contributed by atoms with E-state index in [2.05, 4.69) is 213 Å². The van der Waals surface area contributed by atoms with Crippen LogP contribution in [0.15, 0.2) is 188 Å². The lowest BCUT2D eigenvalue weighted by atomic mass is 10.0. The van der Waals surface area contributed by atoms with Crippen molar-refractivity contribution in [2.45, 2.75) is 18.9 Å². The summed E-state index contributed by atoms with van der Waals surface area (Å²) in [6, 6.07) is 68.9. The minimum absolute atomic E-state index is 0.106. The zero-order chi connectivity index (χ0) is 37.9. The van der Waals surface area contributed by atoms with Crippen LogP contribution < -0.4 is 16.0 Å². The van der Waals surface area contributed by atoms with Crippen LogP contribution in [0.3, 0.4) is 0 Å². The van der Waals surface area contributed by atoms with Gasteiger partial charge in [-0.05, 0) is 87.7 Å². The van der Waals surface area contributed by atoms with Gasteiger partial charge < -0.3 is 14.1 Å². The fraction of sp³-hybridized carbons (Fsp3) is 0.0769. The summed E-state index contributed by atoms with van der Waals surface area (Å²) in [5, 5.41) is 21.3. The Balaban J connectivity index is 1.31. The molecule has 2 unspecified atom stereocenters. The van der Waals surface area contributed by atoms with E-state index >= 15 is 0 Å². The van der Waals surface area contributed by atoms with E-state index in [4.69, 9.17) is 0 Å². The van der Waals surface area contributed by atoms with E-state index in [9.17, 15) is 0 Å². The highest BCUT2D eigenvalue weighted by Crippen LogP contribution is 2.36. The Hall–Kier alpha value is -6.76. The third-order valence-electron chi connectivity index (χ3n) is 11.8. The quantitative estimate of drug-likeness (QED) is 0.136. The van der Waals surface area contributed by atoms with Crippen molar-refractivity contribution in [3.63, 3.8) is 0 Å².